The predicted octanol–water partition coefficient (Wildman–Crippen LogP) is 11.5. The van der Waals surface area contributed by atoms with Crippen molar-refractivity contribution in [1.82, 2.24) is 0 Å². The first-order chi connectivity index (χ1) is 16.7. The largest absolute Gasteiger partial charge is 0.463 e. The van der Waals surface area contributed by atoms with Crippen molar-refractivity contribution in [2.24, 2.45) is 0 Å². The van der Waals surface area contributed by atoms with Gasteiger partial charge in [-0.05, 0) is 26.2 Å². The first-order valence-corrected chi connectivity index (χ1v) is 15.9. The van der Waals surface area contributed by atoms with E-state index in [0.29, 0.717) is 6.42 Å². The maximum absolute atomic E-state index is 12.0. The lowest BCUT2D eigenvalue weighted by Crippen LogP contribution is -2.14. The van der Waals surface area contributed by atoms with Gasteiger partial charge in [0.15, 0.2) is 0 Å². The first-order valence-electron chi connectivity index (χ1n) is 15.9. The molecule has 0 amide bonds. The van der Waals surface area contributed by atoms with E-state index in [1.54, 1.807) is 0 Å². The summed E-state index contributed by atoms with van der Waals surface area (Å²) < 4.78 is 5.62. The zero-order chi connectivity index (χ0) is 25.0. The average Bonchev–Trinajstić information content (AvgIpc) is 2.82. The zero-order valence-electron chi connectivity index (χ0n) is 24.0. The van der Waals surface area contributed by atoms with E-state index in [1.807, 2.05) is 0 Å². The van der Waals surface area contributed by atoms with E-state index in [1.165, 1.54) is 154 Å². The van der Waals surface area contributed by atoms with Gasteiger partial charge in [0, 0.05) is 6.42 Å². The van der Waals surface area contributed by atoms with E-state index >= 15 is 0 Å². The van der Waals surface area contributed by atoms with E-state index in [4.69, 9.17) is 4.74 Å². The second kappa shape index (κ2) is 28.7. The Morgan fingerprint density at radius 2 is 0.765 bits per heavy atom. The van der Waals surface area contributed by atoms with Crippen molar-refractivity contribution in [3.8, 4) is 0 Å². The fourth-order valence-electron chi connectivity index (χ4n) is 4.90. The Hall–Kier alpha value is -0.530. The number of carbonyl (C=O) groups is 1. The van der Waals surface area contributed by atoms with Crippen LogP contribution in [-0.2, 0) is 9.53 Å². The van der Waals surface area contributed by atoms with Crippen LogP contribution in [-0.4, -0.2) is 12.1 Å². The van der Waals surface area contributed by atoms with Crippen LogP contribution in [0.4, 0.5) is 0 Å². The van der Waals surface area contributed by atoms with Gasteiger partial charge < -0.3 is 4.74 Å². The number of esters is 1. The molecule has 0 rings (SSSR count). The van der Waals surface area contributed by atoms with Crippen LogP contribution in [0.1, 0.15) is 194 Å². The smallest absolute Gasteiger partial charge is 0.306 e. The molecule has 0 aromatic rings. The lowest BCUT2D eigenvalue weighted by atomic mass is 10.0. The molecule has 34 heavy (non-hydrogen) atoms. The molecule has 204 valence electrons. The van der Waals surface area contributed by atoms with Crippen LogP contribution >= 0.6 is 0 Å². The molecular formula is C32H64O2. The number of carbonyl (C=O) groups excluding carboxylic acids is 1. The topological polar surface area (TPSA) is 26.3 Å². The van der Waals surface area contributed by atoms with Gasteiger partial charge in [0.1, 0.15) is 0 Å². The van der Waals surface area contributed by atoms with Crippen molar-refractivity contribution < 1.29 is 9.53 Å². The standard InChI is InChI=1S/C32H64O2/c1-4-6-8-10-12-14-16-17-18-20-21-23-25-27-29-31(3)34-32(33)30-28-26-24-22-19-15-13-11-9-7-5-2/h31H,4-30H2,1-3H3. The molecule has 0 heterocycles. The van der Waals surface area contributed by atoms with Crippen molar-refractivity contribution in [1.29, 1.82) is 0 Å². The molecule has 0 aliphatic rings. The summed E-state index contributed by atoms with van der Waals surface area (Å²) >= 11 is 0. The summed E-state index contributed by atoms with van der Waals surface area (Å²) in [5, 5.41) is 0. The summed E-state index contributed by atoms with van der Waals surface area (Å²) in [5.41, 5.74) is 0. The van der Waals surface area contributed by atoms with Gasteiger partial charge >= 0.3 is 5.97 Å². The first kappa shape index (κ1) is 33.5. The summed E-state index contributed by atoms with van der Waals surface area (Å²) in [6.45, 7) is 6.63. The van der Waals surface area contributed by atoms with Gasteiger partial charge in [0.2, 0.25) is 0 Å². The van der Waals surface area contributed by atoms with Crippen LogP contribution in [0.25, 0.3) is 0 Å². The average molecular weight is 481 g/mol. The second-order valence-electron chi connectivity index (χ2n) is 11.0. The fraction of sp³-hybridized carbons (Fsp3) is 0.969. The quantitative estimate of drug-likeness (QED) is 0.0821. The molecule has 2 nitrogen and oxygen atoms in total. The minimum atomic E-state index is 0.0220. The van der Waals surface area contributed by atoms with E-state index in [9.17, 15) is 4.79 Å². The number of hydrogen-bond donors (Lipinski definition) is 0. The summed E-state index contributed by atoms with van der Waals surface area (Å²) in [4.78, 5) is 12.0. The molecule has 0 aliphatic carbocycles. The van der Waals surface area contributed by atoms with Crippen molar-refractivity contribution in [2.45, 2.75) is 200 Å². The van der Waals surface area contributed by atoms with E-state index in [2.05, 4.69) is 20.8 Å². The highest BCUT2D eigenvalue weighted by Gasteiger charge is 2.09. The van der Waals surface area contributed by atoms with Crippen molar-refractivity contribution in [3.05, 3.63) is 0 Å². The van der Waals surface area contributed by atoms with Crippen molar-refractivity contribution in [2.75, 3.05) is 0 Å². The predicted molar refractivity (Wildman–Crippen MR) is 152 cm³/mol. The minimum Gasteiger partial charge on any atom is -0.463 e. The van der Waals surface area contributed by atoms with Gasteiger partial charge in [-0.3, -0.25) is 4.79 Å². The molecule has 1 atom stereocenters. The molecule has 0 spiro atoms. The molecule has 0 N–H and O–H groups in total. The molecule has 0 saturated heterocycles. The molecule has 0 bridgehead atoms. The van der Waals surface area contributed by atoms with Crippen LogP contribution in [0, 0.1) is 0 Å². The van der Waals surface area contributed by atoms with Gasteiger partial charge in [-0.2, -0.15) is 0 Å². The number of hydrogen-bond acceptors (Lipinski definition) is 2. The Morgan fingerprint density at radius 3 is 1.12 bits per heavy atom. The summed E-state index contributed by atoms with van der Waals surface area (Å²) in [6.07, 6.45) is 35.7. The molecule has 0 saturated carbocycles. The maximum atomic E-state index is 12.0. The Balaban J connectivity index is 3.28. The van der Waals surface area contributed by atoms with Crippen LogP contribution in [0.2, 0.25) is 0 Å². The fourth-order valence-corrected chi connectivity index (χ4v) is 4.90. The number of rotatable bonds is 28. The Labute approximate surface area is 215 Å². The second-order valence-corrected chi connectivity index (χ2v) is 11.0. The van der Waals surface area contributed by atoms with Crippen LogP contribution in [0.5, 0.6) is 0 Å². The number of unbranched alkanes of at least 4 members (excludes halogenated alkanes) is 23. The molecular weight excluding hydrogens is 416 g/mol. The monoisotopic (exact) mass is 480 g/mol. The summed E-state index contributed by atoms with van der Waals surface area (Å²) in [5.74, 6) is 0.0220. The zero-order valence-corrected chi connectivity index (χ0v) is 24.0. The summed E-state index contributed by atoms with van der Waals surface area (Å²) in [6, 6.07) is 0. The third-order valence-corrected chi connectivity index (χ3v) is 7.28. The van der Waals surface area contributed by atoms with Crippen LogP contribution in [0.3, 0.4) is 0 Å². The molecule has 1 unspecified atom stereocenters. The lowest BCUT2D eigenvalue weighted by Gasteiger charge is -2.13. The lowest BCUT2D eigenvalue weighted by molar-refractivity contribution is -0.148. The van der Waals surface area contributed by atoms with Gasteiger partial charge in [-0.25, -0.2) is 0 Å². The molecule has 2 heteroatoms. The highest BCUT2D eigenvalue weighted by molar-refractivity contribution is 5.69. The molecule has 0 aliphatic heterocycles. The van der Waals surface area contributed by atoms with Gasteiger partial charge in [-0.15, -0.1) is 0 Å². The SMILES string of the molecule is CCCCCCCCCCCCCCCCC(C)OC(=O)CCCCCCCCCCCCC. The third-order valence-electron chi connectivity index (χ3n) is 7.28. The maximum Gasteiger partial charge on any atom is 0.306 e. The Bertz CT molecular complexity index is 392. The third kappa shape index (κ3) is 27.7. The molecule has 0 aromatic carbocycles. The van der Waals surface area contributed by atoms with Crippen LogP contribution < -0.4 is 0 Å². The van der Waals surface area contributed by atoms with Gasteiger partial charge in [0.05, 0.1) is 6.10 Å². The normalized spacial score (nSPS) is 12.2. The summed E-state index contributed by atoms with van der Waals surface area (Å²) in [7, 11) is 0. The molecule has 0 fully saturated rings. The molecule has 0 aromatic heterocycles. The van der Waals surface area contributed by atoms with E-state index in [-0.39, 0.29) is 12.1 Å². The highest BCUT2D eigenvalue weighted by atomic mass is 16.5. The molecule has 0 radical (unpaired) electrons. The van der Waals surface area contributed by atoms with Crippen LogP contribution in [0.15, 0.2) is 0 Å². The minimum absolute atomic E-state index is 0.0220. The Morgan fingerprint density at radius 1 is 0.471 bits per heavy atom. The number of ether oxygens (including phenoxy) is 1. The van der Waals surface area contributed by atoms with Gasteiger partial charge in [-0.1, -0.05) is 162 Å². The van der Waals surface area contributed by atoms with Crippen molar-refractivity contribution >= 4 is 5.97 Å². The van der Waals surface area contributed by atoms with E-state index in [0.717, 1.165) is 12.8 Å². The Kier molecular flexibility index (Phi) is 28.3. The highest BCUT2D eigenvalue weighted by Crippen LogP contribution is 2.15. The van der Waals surface area contributed by atoms with Crippen molar-refractivity contribution in [3.63, 3.8) is 0 Å². The van der Waals surface area contributed by atoms with E-state index < -0.39 is 0 Å². The van der Waals surface area contributed by atoms with Gasteiger partial charge in [0.25, 0.3) is 0 Å².